The summed E-state index contributed by atoms with van der Waals surface area (Å²) in [5.41, 5.74) is 1.89. The fourth-order valence-electron chi connectivity index (χ4n) is 3.66. The lowest BCUT2D eigenvalue weighted by Gasteiger charge is -2.30. The van der Waals surface area contributed by atoms with Crippen LogP contribution in [-0.2, 0) is 11.3 Å². The molecule has 1 heterocycles. The third-order valence-corrected chi connectivity index (χ3v) is 5.93. The lowest BCUT2D eigenvalue weighted by atomic mass is 10.2. The molecule has 6 nitrogen and oxygen atoms in total. The molecule has 0 atom stereocenters. The minimum absolute atomic E-state index is 0.617. The van der Waals surface area contributed by atoms with Gasteiger partial charge in [-0.1, -0.05) is 29.8 Å². The number of ether oxygens (including phenoxy) is 3. The van der Waals surface area contributed by atoms with Gasteiger partial charge in [0.25, 0.3) is 0 Å². The first-order valence-corrected chi connectivity index (χ1v) is 11.8. The molecule has 0 amide bonds. The summed E-state index contributed by atoms with van der Waals surface area (Å²) in [6, 6.07) is 13.6. The molecule has 1 N–H and O–H groups in total. The number of benzene rings is 2. The SMILES string of the molecule is CCOc1ccccc1CN(CCCN1CCOCC1)C(=S)Nc1ccc(Cl)cc1OC. The average molecular weight is 478 g/mol. The van der Waals surface area contributed by atoms with Crippen LogP contribution in [0.25, 0.3) is 0 Å². The van der Waals surface area contributed by atoms with E-state index in [-0.39, 0.29) is 0 Å². The zero-order chi connectivity index (χ0) is 22.8. The third kappa shape index (κ3) is 7.24. The Bertz CT molecular complexity index is 877. The number of thiocarbonyl (C=S) groups is 1. The summed E-state index contributed by atoms with van der Waals surface area (Å²) in [5, 5.41) is 4.60. The number of morpholine rings is 1. The van der Waals surface area contributed by atoms with Gasteiger partial charge in [0.2, 0.25) is 0 Å². The van der Waals surface area contributed by atoms with Crippen LogP contribution in [0.4, 0.5) is 5.69 Å². The van der Waals surface area contributed by atoms with Crippen molar-refractivity contribution in [2.45, 2.75) is 19.9 Å². The van der Waals surface area contributed by atoms with Gasteiger partial charge >= 0.3 is 0 Å². The quantitative estimate of drug-likeness (QED) is 0.499. The highest BCUT2D eigenvalue weighted by Gasteiger charge is 2.17. The second kappa shape index (κ2) is 12.8. The standard InChI is InChI=1S/C24H32ClN3O3S/c1-3-31-22-8-5-4-7-19(22)18-28(12-6-11-27-13-15-30-16-14-27)24(32)26-21-10-9-20(25)17-23(21)29-2/h4-5,7-10,17H,3,6,11-16,18H2,1-2H3,(H,26,32). The Kier molecular flexibility index (Phi) is 9.87. The Morgan fingerprint density at radius 1 is 1.19 bits per heavy atom. The van der Waals surface area contributed by atoms with Crippen LogP contribution in [0.15, 0.2) is 42.5 Å². The molecule has 2 aromatic rings. The molecular weight excluding hydrogens is 446 g/mol. The molecule has 0 spiro atoms. The smallest absolute Gasteiger partial charge is 0.173 e. The molecule has 3 rings (SSSR count). The summed E-state index contributed by atoms with van der Waals surface area (Å²) in [6.07, 6.45) is 0.996. The first kappa shape index (κ1) is 24.6. The number of hydrogen-bond donors (Lipinski definition) is 1. The minimum atomic E-state index is 0.617. The Morgan fingerprint density at radius 2 is 1.97 bits per heavy atom. The van der Waals surface area contributed by atoms with Crippen LogP contribution >= 0.6 is 23.8 Å². The molecule has 0 bridgehead atoms. The highest BCUT2D eigenvalue weighted by Crippen LogP contribution is 2.28. The van der Waals surface area contributed by atoms with Gasteiger partial charge in [0.05, 0.1) is 32.6 Å². The van der Waals surface area contributed by atoms with E-state index in [1.165, 1.54) is 0 Å². The van der Waals surface area contributed by atoms with Crippen LogP contribution in [0.1, 0.15) is 18.9 Å². The maximum Gasteiger partial charge on any atom is 0.173 e. The van der Waals surface area contributed by atoms with Crippen molar-refractivity contribution in [3.05, 3.63) is 53.1 Å². The average Bonchev–Trinajstić information content (AvgIpc) is 2.81. The van der Waals surface area contributed by atoms with E-state index in [1.807, 2.05) is 37.3 Å². The largest absolute Gasteiger partial charge is 0.495 e. The predicted octanol–water partition coefficient (Wildman–Crippen LogP) is 4.67. The maximum absolute atomic E-state index is 6.11. The first-order chi connectivity index (χ1) is 15.6. The van der Waals surface area contributed by atoms with E-state index in [1.54, 1.807) is 13.2 Å². The zero-order valence-electron chi connectivity index (χ0n) is 18.8. The van der Waals surface area contributed by atoms with Gasteiger partial charge in [-0.15, -0.1) is 0 Å². The number of methoxy groups -OCH3 is 1. The number of hydrogen-bond acceptors (Lipinski definition) is 5. The molecule has 1 saturated heterocycles. The molecule has 1 aliphatic heterocycles. The summed E-state index contributed by atoms with van der Waals surface area (Å²) < 4.78 is 16.8. The van der Waals surface area contributed by atoms with E-state index in [0.29, 0.717) is 29.0 Å². The summed E-state index contributed by atoms with van der Waals surface area (Å²) >= 11 is 11.9. The second-order valence-corrected chi connectivity index (χ2v) is 8.37. The van der Waals surface area contributed by atoms with Crippen LogP contribution in [0.5, 0.6) is 11.5 Å². The van der Waals surface area contributed by atoms with Gasteiger partial charge in [-0.05, 0) is 43.8 Å². The van der Waals surface area contributed by atoms with Gasteiger partial charge in [-0.2, -0.15) is 0 Å². The Balaban J connectivity index is 1.72. The number of anilines is 1. The van der Waals surface area contributed by atoms with Crippen molar-refractivity contribution < 1.29 is 14.2 Å². The number of rotatable bonds is 10. The summed E-state index contributed by atoms with van der Waals surface area (Å²) in [5.74, 6) is 1.54. The Labute approximate surface area is 201 Å². The molecule has 2 aromatic carbocycles. The molecule has 0 aliphatic carbocycles. The van der Waals surface area contributed by atoms with Crippen LogP contribution in [0.2, 0.25) is 5.02 Å². The van der Waals surface area contributed by atoms with Gasteiger partial charge in [0.1, 0.15) is 11.5 Å². The van der Waals surface area contributed by atoms with E-state index < -0.39 is 0 Å². The van der Waals surface area contributed by atoms with Gasteiger partial charge in [-0.3, -0.25) is 4.90 Å². The molecule has 32 heavy (non-hydrogen) atoms. The van der Waals surface area contributed by atoms with Gasteiger partial charge in [-0.25, -0.2) is 0 Å². The third-order valence-electron chi connectivity index (χ3n) is 5.33. The molecule has 1 aliphatic rings. The molecule has 0 radical (unpaired) electrons. The van der Waals surface area contributed by atoms with E-state index in [0.717, 1.165) is 62.8 Å². The highest BCUT2D eigenvalue weighted by molar-refractivity contribution is 7.80. The van der Waals surface area contributed by atoms with E-state index >= 15 is 0 Å². The summed E-state index contributed by atoms with van der Waals surface area (Å²) in [6.45, 7) is 8.69. The molecule has 0 unspecified atom stereocenters. The molecule has 0 saturated carbocycles. The zero-order valence-corrected chi connectivity index (χ0v) is 20.4. The van der Waals surface area contributed by atoms with Crippen LogP contribution in [0, 0.1) is 0 Å². The summed E-state index contributed by atoms with van der Waals surface area (Å²) in [4.78, 5) is 4.62. The summed E-state index contributed by atoms with van der Waals surface area (Å²) in [7, 11) is 1.62. The molecule has 1 fully saturated rings. The van der Waals surface area contributed by atoms with E-state index in [4.69, 9.17) is 38.0 Å². The van der Waals surface area contributed by atoms with Crippen molar-refractivity contribution >= 4 is 34.6 Å². The van der Waals surface area contributed by atoms with Gasteiger partial charge < -0.3 is 24.4 Å². The van der Waals surface area contributed by atoms with Crippen LogP contribution in [-0.4, -0.2) is 68.0 Å². The number of nitrogens with zero attached hydrogens (tertiary/aromatic N) is 2. The number of halogens is 1. The molecule has 174 valence electrons. The fourth-order valence-corrected chi connectivity index (χ4v) is 4.09. The van der Waals surface area contributed by atoms with Crippen molar-refractivity contribution in [3.63, 3.8) is 0 Å². The van der Waals surface area contributed by atoms with Crippen molar-refractivity contribution in [1.29, 1.82) is 0 Å². The predicted molar refractivity (Wildman–Crippen MR) is 134 cm³/mol. The lowest BCUT2D eigenvalue weighted by molar-refractivity contribution is 0.0367. The monoisotopic (exact) mass is 477 g/mol. The lowest BCUT2D eigenvalue weighted by Crippen LogP contribution is -2.40. The normalized spacial score (nSPS) is 14.1. The van der Waals surface area contributed by atoms with Crippen LogP contribution < -0.4 is 14.8 Å². The van der Waals surface area contributed by atoms with Crippen molar-refractivity contribution in [2.24, 2.45) is 0 Å². The molecule has 8 heteroatoms. The number of nitrogens with one attached hydrogen (secondary N) is 1. The van der Waals surface area contributed by atoms with Gasteiger partial charge in [0, 0.05) is 49.4 Å². The van der Waals surface area contributed by atoms with E-state index in [9.17, 15) is 0 Å². The maximum atomic E-state index is 6.11. The van der Waals surface area contributed by atoms with Crippen molar-refractivity contribution in [2.75, 3.05) is 58.4 Å². The van der Waals surface area contributed by atoms with E-state index in [2.05, 4.69) is 21.2 Å². The van der Waals surface area contributed by atoms with Crippen LogP contribution in [0.3, 0.4) is 0 Å². The molecule has 0 aromatic heterocycles. The second-order valence-electron chi connectivity index (χ2n) is 7.54. The molecular formula is C24H32ClN3O3S. The fraction of sp³-hybridized carbons (Fsp3) is 0.458. The highest BCUT2D eigenvalue weighted by atomic mass is 35.5. The topological polar surface area (TPSA) is 46.2 Å². The van der Waals surface area contributed by atoms with Crippen molar-refractivity contribution in [3.8, 4) is 11.5 Å². The van der Waals surface area contributed by atoms with Crippen molar-refractivity contribution in [1.82, 2.24) is 9.80 Å². The Morgan fingerprint density at radius 3 is 2.72 bits per heavy atom. The number of para-hydroxylation sites is 1. The van der Waals surface area contributed by atoms with Gasteiger partial charge in [0.15, 0.2) is 5.11 Å². The first-order valence-electron chi connectivity index (χ1n) is 11.0. The Hall–Kier alpha value is -2.06. The minimum Gasteiger partial charge on any atom is -0.495 e.